The summed E-state index contributed by atoms with van der Waals surface area (Å²) >= 11 is 0. The van der Waals surface area contributed by atoms with E-state index in [0.29, 0.717) is 64.5 Å². The van der Waals surface area contributed by atoms with Gasteiger partial charge < -0.3 is 51.5 Å². The van der Waals surface area contributed by atoms with E-state index in [-0.39, 0.29) is 85.3 Å². The smallest absolute Gasteiger partial charge is 0.247 e. The number of hydrogen-bond acceptors (Lipinski definition) is 10. The van der Waals surface area contributed by atoms with Crippen LogP contribution in [0.1, 0.15) is 138 Å². The third-order valence-corrected chi connectivity index (χ3v) is 17.1. The van der Waals surface area contributed by atoms with Crippen LogP contribution in [0.4, 0.5) is 0 Å². The van der Waals surface area contributed by atoms with Gasteiger partial charge in [-0.1, -0.05) is 147 Å². The molecule has 4 saturated heterocycles. The van der Waals surface area contributed by atoms with Crippen molar-refractivity contribution < 1.29 is 38.4 Å². The molecule has 0 aromatic heterocycles. The van der Waals surface area contributed by atoms with Crippen LogP contribution >= 0.6 is 0 Å². The van der Waals surface area contributed by atoms with Crippen molar-refractivity contribution in [3.05, 3.63) is 144 Å². The Hall–Kier alpha value is -7.44. The summed E-state index contributed by atoms with van der Waals surface area (Å²) in [6, 6.07) is 32.7. The summed E-state index contributed by atoms with van der Waals surface area (Å²) in [5.74, 6) is -2.20. The zero-order valence-electron chi connectivity index (χ0n) is 48.1. The molecule has 1 unspecified atom stereocenters. The Morgan fingerprint density at radius 2 is 0.768 bits per heavy atom. The molecule has 4 aromatic rings. The Balaban J connectivity index is 0.817. The summed E-state index contributed by atoms with van der Waals surface area (Å²) < 4.78 is 0. The summed E-state index contributed by atoms with van der Waals surface area (Å²) in [7, 11) is 3.33. The van der Waals surface area contributed by atoms with Crippen molar-refractivity contribution in [2.24, 2.45) is 0 Å². The maximum atomic E-state index is 14.7. The van der Waals surface area contributed by atoms with Crippen LogP contribution in [0.25, 0.3) is 0 Å². The number of likely N-dealkylation sites (N-methyl/N-ethyl adjacent to an activating group) is 2. The minimum Gasteiger partial charge on any atom is -0.343 e. The summed E-state index contributed by atoms with van der Waals surface area (Å²) in [5.41, 5.74) is 3.66. The molecule has 0 radical (unpaired) electrons. The first-order valence-electron chi connectivity index (χ1n) is 29.7. The van der Waals surface area contributed by atoms with Gasteiger partial charge in [0.25, 0.3) is 0 Å². The summed E-state index contributed by atoms with van der Waals surface area (Å²) in [6.07, 6.45) is 8.26. The largest absolute Gasteiger partial charge is 0.343 e. The van der Waals surface area contributed by atoms with Crippen molar-refractivity contribution in [1.29, 1.82) is 0 Å². The van der Waals surface area contributed by atoms with Crippen LogP contribution in [0.3, 0.4) is 0 Å². The molecule has 8 atom stereocenters. The summed E-state index contributed by atoms with van der Waals surface area (Å²) in [6.45, 7) is 4.16. The molecular formula is C64H84N10O8. The molecule has 438 valence electrons. The van der Waals surface area contributed by atoms with E-state index in [0.717, 1.165) is 47.9 Å². The zero-order chi connectivity index (χ0) is 58.1. The average molecular weight is 1120 g/mol. The number of benzene rings is 4. The number of amides is 8. The lowest BCUT2D eigenvalue weighted by Gasteiger charge is -2.39. The highest BCUT2D eigenvalue weighted by Gasteiger charge is 2.48. The molecule has 4 aromatic carbocycles. The first-order valence-corrected chi connectivity index (χ1v) is 29.7. The number of unbranched alkanes of at least 4 members (excludes halogenated alkanes) is 5. The van der Waals surface area contributed by atoms with Gasteiger partial charge in [-0.05, 0) is 102 Å². The maximum Gasteiger partial charge on any atom is 0.247 e. The number of nitrogens with one attached hydrogen (secondary N) is 6. The Morgan fingerprint density at radius 3 is 1.09 bits per heavy atom. The first kappa shape index (κ1) is 60.7. The number of nitrogens with zero attached hydrogens (tertiary/aromatic N) is 4. The zero-order valence-corrected chi connectivity index (χ0v) is 48.1. The van der Waals surface area contributed by atoms with Crippen molar-refractivity contribution in [2.75, 3.05) is 40.3 Å². The molecule has 4 aliphatic heterocycles. The van der Waals surface area contributed by atoms with Gasteiger partial charge in [0, 0.05) is 51.1 Å². The second-order valence-corrected chi connectivity index (χ2v) is 22.5. The van der Waals surface area contributed by atoms with Crippen LogP contribution in [-0.2, 0) is 38.4 Å². The van der Waals surface area contributed by atoms with Crippen molar-refractivity contribution in [1.82, 2.24) is 51.5 Å². The van der Waals surface area contributed by atoms with Gasteiger partial charge in [-0.15, -0.1) is 0 Å². The van der Waals surface area contributed by atoms with Crippen molar-refractivity contribution >= 4 is 47.3 Å². The average Bonchev–Trinajstić information content (AvgIpc) is 4.14. The number of rotatable bonds is 23. The van der Waals surface area contributed by atoms with Crippen LogP contribution in [0.2, 0.25) is 0 Å². The Kier molecular flexibility index (Phi) is 21.8. The van der Waals surface area contributed by atoms with Gasteiger partial charge in [-0.3, -0.25) is 38.4 Å². The van der Waals surface area contributed by atoms with Crippen molar-refractivity contribution in [3.63, 3.8) is 0 Å². The van der Waals surface area contributed by atoms with Crippen molar-refractivity contribution in [2.45, 2.75) is 164 Å². The molecule has 0 saturated carbocycles. The van der Waals surface area contributed by atoms with Gasteiger partial charge in [0.05, 0.1) is 24.2 Å². The van der Waals surface area contributed by atoms with Gasteiger partial charge in [-0.2, -0.15) is 0 Å². The SMILES string of the molecule is CN[C@@H](C)C(=O)N[C@H]1CN(C(=O)CCCCCCCCC(=O)N2CC[C@H]3CC[C@@H](C(=O)NC(c4ccccc4)c4ccccc4)N3C(=O)[C@@H](NC(=O)[C@H](C)NC)C2)CC[C@H]2CCC(C(=O)NC(c3ccccc3)c3ccccc3)N2C1=O. The second-order valence-electron chi connectivity index (χ2n) is 22.5. The number of fused-ring (bicyclic) bond motifs is 2. The lowest BCUT2D eigenvalue weighted by molar-refractivity contribution is -0.147. The van der Waals surface area contributed by atoms with Crippen LogP contribution < -0.4 is 31.9 Å². The fraction of sp³-hybridized carbons (Fsp3) is 0.500. The van der Waals surface area contributed by atoms with Crippen molar-refractivity contribution in [3.8, 4) is 0 Å². The number of carbonyl (C=O) groups excluding carboxylic acids is 8. The molecule has 8 amide bonds. The fourth-order valence-electron chi connectivity index (χ4n) is 12.1. The van der Waals surface area contributed by atoms with E-state index >= 15 is 0 Å². The topological polar surface area (TPSA) is 222 Å². The molecule has 18 nitrogen and oxygen atoms in total. The van der Waals surface area contributed by atoms with E-state index in [2.05, 4.69) is 31.9 Å². The van der Waals surface area contributed by atoms with Gasteiger partial charge >= 0.3 is 0 Å². The molecule has 8 rings (SSSR count). The van der Waals surface area contributed by atoms with Gasteiger partial charge in [0.2, 0.25) is 47.3 Å². The first-order chi connectivity index (χ1) is 39.8. The van der Waals surface area contributed by atoms with Gasteiger partial charge in [-0.25, -0.2) is 0 Å². The maximum absolute atomic E-state index is 14.7. The molecule has 4 heterocycles. The Morgan fingerprint density at radius 1 is 0.451 bits per heavy atom. The third-order valence-electron chi connectivity index (χ3n) is 17.1. The normalized spacial score (nSPS) is 21.8. The minimum absolute atomic E-state index is 0.00318. The highest BCUT2D eigenvalue weighted by molar-refractivity contribution is 5.96. The molecule has 82 heavy (non-hydrogen) atoms. The molecule has 18 heteroatoms. The lowest BCUT2D eigenvalue weighted by atomic mass is 9.98. The molecule has 0 aliphatic carbocycles. The van der Waals surface area contributed by atoms with Crippen LogP contribution in [0.15, 0.2) is 121 Å². The van der Waals surface area contributed by atoms with E-state index in [1.165, 1.54) is 0 Å². The molecule has 6 N–H and O–H groups in total. The van der Waals surface area contributed by atoms with Gasteiger partial charge in [0.1, 0.15) is 24.2 Å². The number of carbonyl (C=O) groups is 8. The molecule has 4 aliphatic rings. The van der Waals surface area contributed by atoms with E-state index in [9.17, 15) is 38.4 Å². The van der Waals surface area contributed by atoms with Crippen LogP contribution in [0, 0.1) is 0 Å². The number of hydrogen-bond donors (Lipinski definition) is 6. The monoisotopic (exact) mass is 1120 g/mol. The Bertz CT molecular complexity index is 2520. The van der Waals surface area contributed by atoms with Crippen LogP contribution in [0.5, 0.6) is 0 Å². The van der Waals surface area contributed by atoms with Crippen LogP contribution in [-0.4, -0.2) is 155 Å². The summed E-state index contributed by atoms with van der Waals surface area (Å²) in [5, 5.41) is 18.2. The van der Waals surface area contributed by atoms with E-state index < -0.39 is 48.3 Å². The molecule has 4 fully saturated rings. The predicted octanol–water partition coefficient (Wildman–Crippen LogP) is 5.29. The Labute approximate surface area is 483 Å². The molecule has 0 bridgehead atoms. The highest BCUT2D eigenvalue weighted by Crippen LogP contribution is 2.33. The van der Waals surface area contributed by atoms with E-state index in [1.54, 1.807) is 47.5 Å². The summed E-state index contributed by atoms with van der Waals surface area (Å²) in [4.78, 5) is 119. The van der Waals surface area contributed by atoms with Gasteiger partial charge in [0.15, 0.2) is 0 Å². The van der Waals surface area contributed by atoms with E-state index in [4.69, 9.17) is 0 Å². The second kappa shape index (κ2) is 29.5. The lowest BCUT2D eigenvalue weighted by Crippen LogP contribution is -2.62. The standard InChI is InChI=1S/C64H84N10O8/c1-43(65-3)59(77)67-51-41-71(39-37-49-33-35-53(73(49)63(51)81)61(79)69-57(45-23-13-9-14-24-45)46-25-15-10-16-26-46)55(75)31-21-7-5-6-8-22-32-56(76)72-40-38-50-34-36-54(74(50)64(82)52(42-72)68-60(78)44(2)66-4)62(80)70-58(47-27-17-11-18-28-47)48-29-19-12-20-30-48/h9-20,23-30,43-44,49-54,57-58,65-66H,5-8,21-22,31-42H2,1-4H3,(H,67,77)(H,68,78)(H,69,79)(H,70,80)/t43-,44-,49+,50+,51-,52-,53-,54?/m0/s1. The quantitative estimate of drug-likeness (QED) is 0.0527. The third kappa shape index (κ3) is 15.4. The predicted molar refractivity (Wildman–Crippen MR) is 313 cm³/mol. The minimum atomic E-state index is -1.04. The molecule has 0 spiro atoms. The highest BCUT2D eigenvalue weighted by atomic mass is 16.2. The van der Waals surface area contributed by atoms with E-state index in [1.807, 2.05) is 121 Å². The molecular weight excluding hydrogens is 1040 g/mol. The fourth-order valence-corrected chi connectivity index (χ4v) is 12.1.